The molecular formula is C17H19F3N4O3. The zero-order valence-corrected chi connectivity index (χ0v) is 14.6. The third kappa shape index (κ3) is 3.90. The van der Waals surface area contributed by atoms with Crippen LogP contribution in [0.25, 0.3) is 0 Å². The number of nitro groups is 1. The maximum absolute atomic E-state index is 13.2. The molecule has 1 aromatic carbocycles. The van der Waals surface area contributed by atoms with Crippen LogP contribution in [0, 0.1) is 16.0 Å². The van der Waals surface area contributed by atoms with E-state index in [1.54, 1.807) is 28.9 Å². The van der Waals surface area contributed by atoms with Crippen LogP contribution in [0.4, 0.5) is 24.5 Å². The Morgan fingerprint density at radius 1 is 1.41 bits per heavy atom. The van der Waals surface area contributed by atoms with Crippen molar-refractivity contribution in [1.29, 1.82) is 0 Å². The summed E-state index contributed by atoms with van der Waals surface area (Å²) in [6.45, 7) is 0.849. The number of nitro benzene ring substituents is 1. The molecule has 0 saturated carbocycles. The van der Waals surface area contributed by atoms with Gasteiger partial charge in [-0.25, -0.2) is 4.98 Å². The number of hydrogen-bond donors (Lipinski definition) is 1. The first-order valence-electron chi connectivity index (χ1n) is 8.44. The molecule has 2 atom stereocenters. The maximum Gasteiger partial charge on any atom is 0.423 e. The minimum atomic E-state index is -4.82. The Morgan fingerprint density at radius 3 is 2.74 bits per heavy atom. The summed E-state index contributed by atoms with van der Waals surface area (Å²) < 4.78 is 41.4. The van der Waals surface area contributed by atoms with E-state index in [4.69, 9.17) is 0 Å². The fourth-order valence-corrected chi connectivity index (χ4v) is 3.48. The highest BCUT2D eigenvalue weighted by Crippen LogP contribution is 2.39. The number of imidazole rings is 1. The molecule has 0 spiro atoms. The molecule has 1 aromatic heterocycles. The molecule has 2 aromatic rings. The second kappa shape index (κ2) is 7.18. The van der Waals surface area contributed by atoms with Crippen LogP contribution in [0.15, 0.2) is 30.6 Å². The van der Waals surface area contributed by atoms with Gasteiger partial charge in [0.05, 0.1) is 4.92 Å². The number of halogens is 3. The van der Waals surface area contributed by atoms with Crippen LogP contribution in [-0.4, -0.2) is 32.7 Å². The van der Waals surface area contributed by atoms with Gasteiger partial charge in [-0.1, -0.05) is 0 Å². The van der Waals surface area contributed by atoms with Crippen LogP contribution in [0.2, 0.25) is 0 Å². The van der Waals surface area contributed by atoms with E-state index in [1.807, 2.05) is 0 Å². The fraction of sp³-hybridized carbons (Fsp3) is 0.471. The zero-order valence-electron chi connectivity index (χ0n) is 14.6. The molecule has 10 heteroatoms. The molecular weight excluding hydrogens is 365 g/mol. The quantitative estimate of drug-likeness (QED) is 0.646. The van der Waals surface area contributed by atoms with Crippen molar-refractivity contribution in [3.05, 3.63) is 52.1 Å². The van der Waals surface area contributed by atoms with Crippen molar-refractivity contribution in [3.8, 4) is 0 Å². The van der Waals surface area contributed by atoms with Crippen LogP contribution in [0.3, 0.4) is 0 Å². The normalized spacial score (nSPS) is 19.1. The Bertz CT molecular complexity index is 837. The van der Waals surface area contributed by atoms with E-state index < -0.39 is 28.5 Å². The van der Waals surface area contributed by atoms with Crippen molar-refractivity contribution in [2.24, 2.45) is 13.0 Å². The summed E-state index contributed by atoms with van der Waals surface area (Å²) in [5, 5.41) is 21.5. The molecule has 1 fully saturated rings. The lowest BCUT2D eigenvalue weighted by Crippen LogP contribution is -2.38. The highest BCUT2D eigenvalue weighted by Gasteiger charge is 2.39. The average molecular weight is 384 g/mol. The van der Waals surface area contributed by atoms with Gasteiger partial charge in [0.25, 0.3) is 5.69 Å². The molecule has 1 aliphatic rings. The van der Waals surface area contributed by atoms with Crippen molar-refractivity contribution < 1.29 is 23.2 Å². The molecule has 1 saturated heterocycles. The summed E-state index contributed by atoms with van der Waals surface area (Å²) in [6, 6.07) is 3.02. The Hall–Kier alpha value is -2.62. The highest BCUT2D eigenvalue weighted by atomic mass is 19.4. The largest absolute Gasteiger partial charge is 0.423 e. The highest BCUT2D eigenvalue weighted by molar-refractivity contribution is 5.57. The Balaban J connectivity index is 1.86. The first kappa shape index (κ1) is 19.2. The van der Waals surface area contributed by atoms with Crippen molar-refractivity contribution in [1.82, 2.24) is 9.55 Å². The summed E-state index contributed by atoms with van der Waals surface area (Å²) in [5.41, 5.74) is -1.98. The van der Waals surface area contributed by atoms with Crippen LogP contribution < -0.4 is 4.90 Å². The number of aliphatic hydroxyl groups excluding tert-OH is 1. The van der Waals surface area contributed by atoms with E-state index in [9.17, 15) is 28.4 Å². The van der Waals surface area contributed by atoms with Crippen molar-refractivity contribution in [2.75, 3.05) is 18.0 Å². The molecule has 27 heavy (non-hydrogen) atoms. The zero-order chi connectivity index (χ0) is 19.8. The number of alkyl halides is 3. The number of benzene rings is 1. The molecule has 7 nitrogen and oxygen atoms in total. The van der Waals surface area contributed by atoms with Gasteiger partial charge in [0.15, 0.2) is 0 Å². The minimum absolute atomic E-state index is 0.204. The Morgan fingerprint density at radius 2 is 2.15 bits per heavy atom. The van der Waals surface area contributed by atoms with Gasteiger partial charge in [0, 0.05) is 50.2 Å². The first-order chi connectivity index (χ1) is 12.7. The van der Waals surface area contributed by atoms with Crippen LogP contribution >= 0.6 is 0 Å². The van der Waals surface area contributed by atoms with Gasteiger partial charge >= 0.3 is 6.18 Å². The van der Waals surface area contributed by atoms with E-state index in [1.165, 1.54) is 6.07 Å². The topological polar surface area (TPSA) is 84.4 Å². The van der Waals surface area contributed by atoms with E-state index in [0.717, 1.165) is 12.1 Å². The lowest BCUT2D eigenvalue weighted by atomic mass is 9.91. The second-order valence-electron chi connectivity index (χ2n) is 6.65. The summed E-state index contributed by atoms with van der Waals surface area (Å²) in [7, 11) is 1.76. The van der Waals surface area contributed by atoms with Gasteiger partial charge < -0.3 is 14.6 Å². The van der Waals surface area contributed by atoms with E-state index in [2.05, 4.69) is 4.98 Å². The number of aryl methyl sites for hydroxylation is 1. The van der Waals surface area contributed by atoms with Gasteiger partial charge in [-0.2, -0.15) is 13.2 Å². The van der Waals surface area contributed by atoms with Gasteiger partial charge in [-0.05, 0) is 25.0 Å². The number of piperidine rings is 1. The summed E-state index contributed by atoms with van der Waals surface area (Å²) >= 11 is 0. The minimum Gasteiger partial charge on any atom is -0.385 e. The Labute approximate surface area is 153 Å². The third-order valence-corrected chi connectivity index (χ3v) is 4.87. The second-order valence-corrected chi connectivity index (χ2v) is 6.65. The molecule has 0 radical (unpaired) electrons. The van der Waals surface area contributed by atoms with E-state index >= 15 is 0 Å². The number of nitrogens with zero attached hydrogens (tertiary/aromatic N) is 4. The number of anilines is 1. The standard InChI is InChI=1S/C17H19F3N4O3/c1-22-8-6-21-16(22)15(25)11-3-2-7-23(10-11)12-4-5-14(24(26)27)13(9-12)17(18,19)20/h4-6,8-9,11,15,25H,2-3,7,10H2,1H3. The molecule has 0 amide bonds. The van der Waals surface area contributed by atoms with Gasteiger partial charge in [0.2, 0.25) is 0 Å². The summed E-state index contributed by atoms with van der Waals surface area (Å²) in [6.07, 6.45) is -0.974. The van der Waals surface area contributed by atoms with Gasteiger partial charge in [-0.15, -0.1) is 0 Å². The maximum atomic E-state index is 13.2. The van der Waals surface area contributed by atoms with Crippen LogP contribution in [-0.2, 0) is 13.2 Å². The Kier molecular flexibility index (Phi) is 5.09. The SMILES string of the molecule is Cn1ccnc1C(O)C1CCCN(c2ccc([N+](=O)[O-])c(C(F)(F)F)c2)C1. The summed E-state index contributed by atoms with van der Waals surface area (Å²) in [5.74, 6) is 0.297. The van der Waals surface area contributed by atoms with E-state index in [-0.39, 0.29) is 11.6 Å². The van der Waals surface area contributed by atoms with E-state index in [0.29, 0.717) is 31.8 Å². The van der Waals surface area contributed by atoms with Crippen LogP contribution in [0.1, 0.15) is 30.3 Å². The number of rotatable bonds is 4. The van der Waals surface area contributed by atoms with Crippen molar-refractivity contribution in [3.63, 3.8) is 0 Å². The lowest BCUT2D eigenvalue weighted by molar-refractivity contribution is -0.388. The smallest absolute Gasteiger partial charge is 0.385 e. The molecule has 2 heterocycles. The molecule has 2 unspecified atom stereocenters. The summed E-state index contributed by atoms with van der Waals surface area (Å²) in [4.78, 5) is 15.7. The average Bonchev–Trinajstić information content (AvgIpc) is 3.06. The first-order valence-corrected chi connectivity index (χ1v) is 8.44. The molecule has 3 rings (SSSR count). The van der Waals surface area contributed by atoms with Crippen LogP contribution in [0.5, 0.6) is 0 Å². The predicted molar refractivity (Wildman–Crippen MR) is 91.2 cm³/mol. The van der Waals surface area contributed by atoms with Gasteiger partial charge in [0.1, 0.15) is 17.5 Å². The number of aliphatic hydroxyl groups is 1. The fourth-order valence-electron chi connectivity index (χ4n) is 3.48. The molecule has 0 aliphatic carbocycles. The van der Waals surface area contributed by atoms with Gasteiger partial charge in [-0.3, -0.25) is 10.1 Å². The lowest BCUT2D eigenvalue weighted by Gasteiger charge is -2.36. The molecule has 1 N–H and O–H groups in total. The van der Waals surface area contributed by atoms with Crippen molar-refractivity contribution >= 4 is 11.4 Å². The number of hydrogen-bond acceptors (Lipinski definition) is 5. The third-order valence-electron chi connectivity index (χ3n) is 4.87. The predicted octanol–water partition coefficient (Wildman–Crippen LogP) is 3.30. The molecule has 146 valence electrons. The molecule has 1 aliphatic heterocycles. The molecule has 0 bridgehead atoms. The number of aromatic nitrogens is 2. The monoisotopic (exact) mass is 384 g/mol. The van der Waals surface area contributed by atoms with Crippen molar-refractivity contribution in [2.45, 2.75) is 25.1 Å².